The second-order valence-electron chi connectivity index (χ2n) is 6.99. The van der Waals surface area contributed by atoms with Crippen molar-refractivity contribution in [1.29, 1.82) is 0 Å². The number of aromatic nitrogens is 1. The zero-order valence-corrected chi connectivity index (χ0v) is 16.1. The highest BCUT2D eigenvalue weighted by Gasteiger charge is 2.13. The number of hydrogen-bond acceptors (Lipinski definition) is 3. The van der Waals surface area contributed by atoms with Crippen LogP contribution in [0, 0.1) is 6.92 Å². The van der Waals surface area contributed by atoms with Crippen molar-refractivity contribution >= 4 is 22.5 Å². The predicted octanol–water partition coefficient (Wildman–Crippen LogP) is 5.06. The number of hydrogen-bond donors (Lipinski definition) is 3. The first-order valence-corrected chi connectivity index (χ1v) is 9.49. The number of para-hydroxylation sites is 1. The molecule has 0 aliphatic heterocycles. The SMILES string of the molecule is Cc1ccc(NC(=O)c2cc3ccccc3[nH]2)c(OCCc2ccc(O)cc2)c1. The van der Waals surface area contributed by atoms with Gasteiger partial charge in [-0.3, -0.25) is 4.79 Å². The van der Waals surface area contributed by atoms with Gasteiger partial charge < -0.3 is 20.1 Å². The molecular formula is C24H22N2O3. The Morgan fingerprint density at radius 2 is 1.83 bits per heavy atom. The minimum Gasteiger partial charge on any atom is -0.508 e. The summed E-state index contributed by atoms with van der Waals surface area (Å²) in [5, 5.41) is 13.3. The maximum absolute atomic E-state index is 12.7. The van der Waals surface area contributed by atoms with Crippen LogP contribution in [0.4, 0.5) is 5.69 Å². The second kappa shape index (κ2) is 8.10. The predicted molar refractivity (Wildman–Crippen MR) is 115 cm³/mol. The average molecular weight is 386 g/mol. The molecule has 146 valence electrons. The number of fused-ring (bicyclic) bond motifs is 1. The number of H-pyrrole nitrogens is 1. The Morgan fingerprint density at radius 1 is 1.03 bits per heavy atom. The number of aromatic hydroxyl groups is 1. The third-order valence-corrected chi connectivity index (χ3v) is 4.74. The van der Waals surface area contributed by atoms with E-state index in [0.29, 0.717) is 30.2 Å². The highest BCUT2D eigenvalue weighted by atomic mass is 16.5. The summed E-state index contributed by atoms with van der Waals surface area (Å²) in [7, 11) is 0. The molecule has 0 aliphatic carbocycles. The third-order valence-electron chi connectivity index (χ3n) is 4.74. The lowest BCUT2D eigenvalue weighted by molar-refractivity contribution is 0.102. The molecule has 0 bridgehead atoms. The molecule has 0 saturated heterocycles. The molecule has 3 aromatic carbocycles. The fraction of sp³-hybridized carbons (Fsp3) is 0.125. The summed E-state index contributed by atoms with van der Waals surface area (Å²) in [6.07, 6.45) is 0.698. The summed E-state index contributed by atoms with van der Waals surface area (Å²) in [6.45, 7) is 2.44. The highest BCUT2D eigenvalue weighted by Crippen LogP contribution is 2.27. The number of nitrogens with one attached hydrogen (secondary N) is 2. The number of amides is 1. The van der Waals surface area contributed by atoms with Crippen molar-refractivity contribution in [2.75, 3.05) is 11.9 Å². The number of rotatable bonds is 6. The first-order chi connectivity index (χ1) is 14.1. The van der Waals surface area contributed by atoms with Gasteiger partial charge in [-0.2, -0.15) is 0 Å². The minimum absolute atomic E-state index is 0.214. The van der Waals surface area contributed by atoms with Crippen molar-refractivity contribution in [1.82, 2.24) is 4.98 Å². The van der Waals surface area contributed by atoms with E-state index in [0.717, 1.165) is 22.0 Å². The van der Waals surface area contributed by atoms with Crippen LogP contribution in [0.5, 0.6) is 11.5 Å². The first kappa shape index (κ1) is 18.6. The Labute approximate surface area is 169 Å². The fourth-order valence-corrected chi connectivity index (χ4v) is 3.18. The molecule has 5 nitrogen and oxygen atoms in total. The van der Waals surface area contributed by atoms with E-state index in [1.807, 2.05) is 67.6 Å². The lowest BCUT2D eigenvalue weighted by Gasteiger charge is -2.13. The van der Waals surface area contributed by atoms with E-state index >= 15 is 0 Å². The van der Waals surface area contributed by atoms with Crippen molar-refractivity contribution in [3.63, 3.8) is 0 Å². The number of benzene rings is 3. The zero-order valence-electron chi connectivity index (χ0n) is 16.1. The molecule has 4 rings (SSSR count). The molecule has 0 saturated carbocycles. The molecule has 0 atom stereocenters. The van der Waals surface area contributed by atoms with Crippen molar-refractivity contribution in [2.45, 2.75) is 13.3 Å². The maximum atomic E-state index is 12.7. The van der Waals surface area contributed by atoms with Gasteiger partial charge >= 0.3 is 0 Å². The summed E-state index contributed by atoms with van der Waals surface area (Å²) < 4.78 is 5.96. The highest BCUT2D eigenvalue weighted by molar-refractivity contribution is 6.06. The number of carbonyl (C=O) groups excluding carboxylic acids is 1. The van der Waals surface area contributed by atoms with E-state index in [1.54, 1.807) is 12.1 Å². The Kier molecular flexibility index (Phi) is 5.20. The molecule has 1 heterocycles. The average Bonchev–Trinajstić information content (AvgIpc) is 3.16. The van der Waals surface area contributed by atoms with Gasteiger partial charge in [0, 0.05) is 17.3 Å². The van der Waals surface area contributed by atoms with Gasteiger partial charge in [0.15, 0.2) is 0 Å². The van der Waals surface area contributed by atoms with E-state index in [1.165, 1.54) is 0 Å². The third kappa shape index (κ3) is 4.41. The van der Waals surface area contributed by atoms with Gasteiger partial charge in [-0.05, 0) is 54.4 Å². The minimum atomic E-state index is -0.214. The molecule has 3 N–H and O–H groups in total. The topological polar surface area (TPSA) is 74.4 Å². The largest absolute Gasteiger partial charge is 0.508 e. The smallest absolute Gasteiger partial charge is 0.272 e. The van der Waals surface area contributed by atoms with Crippen LogP contribution in [0.25, 0.3) is 10.9 Å². The standard InChI is InChI=1S/C24H22N2O3/c1-16-6-11-21(23(14-16)29-13-12-17-7-9-19(27)10-8-17)26-24(28)22-15-18-4-2-3-5-20(18)25-22/h2-11,14-15,25,27H,12-13H2,1H3,(H,26,28). The fourth-order valence-electron chi connectivity index (χ4n) is 3.18. The van der Waals surface area contributed by atoms with Gasteiger partial charge in [0.2, 0.25) is 0 Å². The molecular weight excluding hydrogens is 364 g/mol. The van der Waals surface area contributed by atoms with E-state index in [2.05, 4.69) is 10.3 Å². The van der Waals surface area contributed by atoms with Crippen LogP contribution in [0.1, 0.15) is 21.6 Å². The molecule has 0 radical (unpaired) electrons. The first-order valence-electron chi connectivity index (χ1n) is 9.49. The Morgan fingerprint density at radius 3 is 2.62 bits per heavy atom. The summed E-state index contributed by atoms with van der Waals surface area (Å²) in [5.74, 6) is 0.664. The van der Waals surface area contributed by atoms with Crippen molar-refractivity contribution < 1.29 is 14.6 Å². The quantitative estimate of drug-likeness (QED) is 0.434. The Hall–Kier alpha value is -3.73. The van der Waals surface area contributed by atoms with Gasteiger partial charge in [-0.1, -0.05) is 36.4 Å². The number of anilines is 1. The van der Waals surface area contributed by atoms with E-state index in [4.69, 9.17) is 4.74 Å². The lowest BCUT2D eigenvalue weighted by Crippen LogP contribution is -2.14. The number of phenolic OH excluding ortho intramolecular Hbond substituents is 1. The molecule has 4 aromatic rings. The molecule has 0 spiro atoms. The van der Waals surface area contributed by atoms with Gasteiger partial charge in [-0.25, -0.2) is 0 Å². The van der Waals surface area contributed by atoms with Crippen LogP contribution in [0.15, 0.2) is 72.8 Å². The van der Waals surface area contributed by atoms with Crippen molar-refractivity contribution in [3.8, 4) is 11.5 Å². The van der Waals surface area contributed by atoms with E-state index in [-0.39, 0.29) is 11.7 Å². The molecule has 1 amide bonds. The number of ether oxygens (including phenoxy) is 1. The maximum Gasteiger partial charge on any atom is 0.272 e. The molecule has 29 heavy (non-hydrogen) atoms. The van der Waals surface area contributed by atoms with Gasteiger partial charge in [-0.15, -0.1) is 0 Å². The summed E-state index contributed by atoms with van der Waals surface area (Å²) >= 11 is 0. The molecule has 1 aromatic heterocycles. The lowest BCUT2D eigenvalue weighted by atomic mass is 10.1. The number of aromatic amines is 1. The molecule has 0 aliphatic rings. The molecule has 0 unspecified atom stereocenters. The van der Waals surface area contributed by atoms with Gasteiger partial charge in [0.05, 0.1) is 12.3 Å². The van der Waals surface area contributed by atoms with Crippen molar-refractivity contribution in [3.05, 3.63) is 89.6 Å². The normalized spacial score (nSPS) is 10.8. The monoisotopic (exact) mass is 386 g/mol. The van der Waals surface area contributed by atoms with Crippen LogP contribution in [0.3, 0.4) is 0 Å². The Balaban J connectivity index is 1.47. The molecule has 5 heteroatoms. The van der Waals surface area contributed by atoms with Gasteiger partial charge in [0.25, 0.3) is 5.91 Å². The van der Waals surface area contributed by atoms with Crippen LogP contribution in [-0.2, 0) is 6.42 Å². The van der Waals surface area contributed by atoms with E-state index < -0.39 is 0 Å². The van der Waals surface area contributed by atoms with Crippen LogP contribution in [0.2, 0.25) is 0 Å². The molecule has 0 fully saturated rings. The van der Waals surface area contributed by atoms with Gasteiger partial charge in [0.1, 0.15) is 17.2 Å². The van der Waals surface area contributed by atoms with Crippen LogP contribution >= 0.6 is 0 Å². The van der Waals surface area contributed by atoms with Crippen LogP contribution in [-0.4, -0.2) is 22.6 Å². The zero-order chi connectivity index (χ0) is 20.2. The second-order valence-corrected chi connectivity index (χ2v) is 6.99. The number of phenols is 1. The number of aryl methyl sites for hydroxylation is 1. The summed E-state index contributed by atoms with van der Waals surface area (Å²) in [4.78, 5) is 15.9. The van der Waals surface area contributed by atoms with E-state index in [9.17, 15) is 9.90 Å². The Bertz CT molecular complexity index is 1110. The van der Waals surface area contributed by atoms with Crippen LogP contribution < -0.4 is 10.1 Å². The number of carbonyl (C=O) groups is 1. The summed E-state index contributed by atoms with van der Waals surface area (Å²) in [6, 6.07) is 22.4. The van der Waals surface area contributed by atoms with Crippen molar-refractivity contribution in [2.24, 2.45) is 0 Å². The summed E-state index contributed by atoms with van der Waals surface area (Å²) in [5.41, 5.74) is 4.17.